The summed E-state index contributed by atoms with van der Waals surface area (Å²) in [7, 11) is -1.74. The lowest BCUT2D eigenvalue weighted by molar-refractivity contribution is 0.185. The summed E-state index contributed by atoms with van der Waals surface area (Å²) < 4.78 is 33.9. The second-order valence-corrected chi connectivity index (χ2v) is 7.44. The maximum absolute atomic E-state index is 12.3. The first kappa shape index (κ1) is 16.4. The molecule has 0 bridgehead atoms. The predicted molar refractivity (Wildman–Crippen MR) is 82.9 cm³/mol. The Bertz CT molecular complexity index is 560. The highest BCUT2D eigenvalue weighted by atomic mass is 32.2. The van der Waals surface area contributed by atoms with Crippen molar-refractivity contribution in [1.82, 2.24) is 9.03 Å². The summed E-state index contributed by atoms with van der Waals surface area (Å²) in [4.78, 5) is 0. The van der Waals surface area contributed by atoms with Crippen molar-refractivity contribution in [2.45, 2.75) is 32.9 Å². The van der Waals surface area contributed by atoms with Gasteiger partial charge in [-0.25, -0.2) is 0 Å². The van der Waals surface area contributed by atoms with Crippen LogP contribution < -0.4 is 4.72 Å². The maximum atomic E-state index is 12.3. The van der Waals surface area contributed by atoms with Crippen LogP contribution in [-0.4, -0.2) is 32.9 Å². The van der Waals surface area contributed by atoms with Gasteiger partial charge in [-0.1, -0.05) is 31.2 Å². The number of hydrogen-bond donors (Lipinski definition) is 1. The molecule has 1 aromatic rings. The zero-order chi connectivity index (χ0) is 15.3. The Morgan fingerprint density at radius 2 is 2.14 bits per heavy atom. The van der Waals surface area contributed by atoms with Gasteiger partial charge in [0, 0.05) is 26.7 Å². The molecule has 1 N–H and O–H groups in total. The van der Waals surface area contributed by atoms with Gasteiger partial charge in [0.1, 0.15) is 0 Å². The van der Waals surface area contributed by atoms with Crippen molar-refractivity contribution in [1.29, 1.82) is 0 Å². The summed E-state index contributed by atoms with van der Waals surface area (Å²) in [5.74, 6) is 0.431. The quantitative estimate of drug-likeness (QED) is 0.873. The summed E-state index contributed by atoms with van der Waals surface area (Å²) in [5, 5.41) is 0. The highest BCUT2D eigenvalue weighted by Crippen LogP contribution is 2.18. The molecule has 0 amide bonds. The number of nitrogens with zero attached hydrogens (tertiary/aromatic N) is 1. The topological polar surface area (TPSA) is 58.6 Å². The first-order valence-electron chi connectivity index (χ1n) is 7.33. The lowest BCUT2D eigenvalue weighted by Crippen LogP contribution is -2.45. The zero-order valence-electron chi connectivity index (χ0n) is 12.7. The van der Waals surface area contributed by atoms with Crippen LogP contribution in [0.3, 0.4) is 0 Å². The molecule has 1 saturated heterocycles. The molecule has 21 heavy (non-hydrogen) atoms. The molecule has 0 aliphatic carbocycles. The van der Waals surface area contributed by atoms with Crippen LogP contribution in [-0.2, 0) is 28.1 Å². The van der Waals surface area contributed by atoms with E-state index in [0.717, 1.165) is 24.0 Å². The minimum Gasteiger partial charge on any atom is -0.380 e. The van der Waals surface area contributed by atoms with Crippen molar-refractivity contribution in [2.24, 2.45) is 5.92 Å². The Kier molecular flexibility index (Phi) is 5.75. The van der Waals surface area contributed by atoms with Crippen LogP contribution in [0, 0.1) is 5.92 Å². The second-order valence-electron chi connectivity index (χ2n) is 5.68. The minimum absolute atomic E-state index is 0.310. The Morgan fingerprint density at radius 1 is 1.38 bits per heavy atom. The monoisotopic (exact) mass is 312 g/mol. The van der Waals surface area contributed by atoms with Crippen molar-refractivity contribution in [3.63, 3.8) is 0 Å². The highest BCUT2D eigenvalue weighted by Gasteiger charge is 2.26. The smallest absolute Gasteiger partial charge is 0.279 e. The fourth-order valence-corrected chi connectivity index (χ4v) is 3.98. The van der Waals surface area contributed by atoms with E-state index in [1.165, 1.54) is 0 Å². The van der Waals surface area contributed by atoms with Crippen LogP contribution in [0.1, 0.15) is 30.9 Å². The highest BCUT2D eigenvalue weighted by molar-refractivity contribution is 7.87. The third-order valence-corrected chi connectivity index (χ3v) is 5.24. The van der Waals surface area contributed by atoms with Crippen molar-refractivity contribution in [2.75, 3.05) is 20.2 Å². The second kappa shape index (κ2) is 7.35. The molecule has 2 rings (SSSR count). The predicted octanol–water partition coefficient (Wildman–Crippen LogP) is 1.90. The summed E-state index contributed by atoms with van der Waals surface area (Å²) >= 11 is 0. The molecular formula is C15H24N2O3S. The summed E-state index contributed by atoms with van der Waals surface area (Å²) in [6, 6.07) is 7.76. The van der Waals surface area contributed by atoms with Gasteiger partial charge in [-0.05, 0) is 29.9 Å². The van der Waals surface area contributed by atoms with Crippen LogP contribution in [0.25, 0.3) is 0 Å². The van der Waals surface area contributed by atoms with Gasteiger partial charge in [-0.3, -0.25) is 0 Å². The molecule has 1 unspecified atom stereocenters. The number of benzene rings is 1. The van der Waals surface area contributed by atoms with Crippen LogP contribution in [0.2, 0.25) is 0 Å². The number of nitrogens with one attached hydrogen (secondary N) is 1. The first-order valence-corrected chi connectivity index (χ1v) is 8.77. The van der Waals surface area contributed by atoms with E-state index in [1.807, 2.05) is 24.3 Å². The normalized spacial score (nSPS) is 20.6. The van der Waals surface area contributed by atoms with Crippen molar-refractivity contribution < 1.29 is 13.2 Å². The van der Waals surface area contributed by atoms with E-state index in [4.69, 9.17) is 4.74 Å². The first-order chi connectivity index (χ1) is 10.0. The van der Waals surface area contributed by atoms with E-state index in [1.54, 1.807) is 11.4 Å². The lowest BCUT2D eigenvalue weighted by Gasteiger charge is -2.30. The van der Waals surface area contributed by atoms with E-state index < -0.39 is 10.2 Å². The number of rotatable bonds is 6. The van der Waals surface area contributed by atoms with E-state index >= 15 is 0 Å². The number of piperidine rings is 1. The van der Waals surface area contributed by atoms with Gasteiger partial charge >= 0.3 is 0 Å². The van der Waals surface area contributed by atoms with E-state index in [-0.39, 0.29) is 0 Å². The van der Waals surface area contributed by atoms with Crippen LogP contribution >= 0.6 is 0 Å². The summed E-state index contributed by atoms with van der Waals surface area (Å²) in [6.07, 6.45) is 2.04. The Labute approximate surface area is 127 Å². The van der Waals surface area contributed by atoms with Gasteiger partial charge in [0.25, 0.3) is 10.2 Å². The molecule has 5 nitrogen and oxygen atoms in total. The maximum Gasteiger partial charge on any atom is 0.279 e. The van der Waals surface area contributed by atoms with Gasteiger partial charge in [-0.15, -0.1) is 0 Å². The molecular weight excluding hydrogens is 288 g/mol. The standard InChI is InChI=1S/C15H24N2O3S/c1-13-5-4-8-17(11-13)21(18,19)16-10-14-6-3-7-15(9-14)12-20-2/h3,6-7,9,13,16H,4-5,8,10-12H2,1-2H3. The average molecular weight is 312 g/mol. The zero-order valence-corrected chi connectivity index (χ0v) is 13.5. The van der Waals surface area contributed by atoms with Gasteiger partial charge in [-0.2, -0.15) is 17.4 Å². The SMILES string of the molecule is COCc1cccc(CNS(=O)(=O)N2CCCC(C)C2)c1. The molecule has 0 saturated carbocycles. The summed E-state index contributed by atoms with van der Waals surface area (Å²) in [5.41, 5.74) is 1.99. The molecule has 1 aromatic carbocycles. The van der Waals surface area contributed by atoms with Crippen LogP contribution in [0.4, 0.5) is 0 Å². The number of methoxy groups -OCH3 is 1. The average Bonchev–Trinajstić information content (AvgIpc) is 2.46. The van der Waals surface area contributed by atoms with Crippen molar-refractivity contribution in [3.05, 3.63) is 35.4 Å². The molecule has 1 aliphatic rings. The van der Waals surface area contributed by atoms with Gasteiger partial charge in [0.15, 0.2) is 0 Å². The third-order valence-electron chi connectivity index (χ3n) is 3.72. The lowest BCUT2D eigenvalue weighted by atomic mass is 10.0. The van der Waals surface area contributed by atoms with E-state index in [9.17, 15) is 8.42 Å². The molecule has 1 fully saturated rings. The Hall–Kier alpha value is -0.950. The fraction of sp³-hybridized carbons (Fsp3) is 0.600. The largest absolute Gasteiger partial charge is 0.380 e. The molecule has 1 heterocycles. The van der Waals surface area contributed by atoms with Gasteiger partial charge in [0.2, 0.25) is 0 Å². The van der Waals surface area contributed by atoms with E-state index in [2.05, 4.69) is 11.6 Å². The molecule has 1 atom stereocenters. The van der Waals surface area contributed by atoms with Gasteiger partial charge < -0.3 is 4.74 Å². The molecule has 0 aromatic heterocycles. The van der Waals surface area contributed by atoms with Crippen molar-refractivity contribution >= 4 is 10.2 Å². The molecule has 118 valence electrons. The molecule has 0 spiro atoms. The Balaban J connectivity index is 1.96. The minimum atomic E-state index is -3.39. The van der Waals surface area contributed by atoms with Crippen LogP contribution in [0.5, 0.6) is 0 Å². The fourth-order valence-electron chi connectivity index (χ4n) is 2.63. The molecule has 1 aliphatic heterocycles. The molecule has 0 radical (unpaired) electrons. The van der Waals surface area contributed by atoms with E-state index in [0.29, 0.717) is 32.2 Å². The van der Waals surface area contributed by atoms with Gasteiger partial charge in [0.05, 0.1) is 6.61 Å². The molecule has 6 heteroatoms. The van der Waals surface area contributed by atoms with Crippen LogP contribution in [0.15, 0.2) is 24.3 Å². The number of hydrogen-bond acceptors (Lipinski definition) is 3. The Morgan fingerprint density at radius 3 is 2.86 bits per heavy atom. The summed E-state index contributed by atoms with van der Waals surface area (Å²) in [6.45, 7) is 4.16. The number of ether oxygens (including phenoxy) is 1. The third kappa shape index (κ3) is 4.78. The van der Waals surface area contributed by atoms with Crippen molar-refractivity contribution in [3.8, 4) is 0 Å².